The molecule has 22 heavy (non-hydrogen) atoms. The monoisotopic (exact) mass is 391 g/mol. The minimum Gasteiger partial charge on any atom is -0.321 e. The lowest BCUT2D eigenvalue weighted by Gasteiger charge is -2.12. The molecule has 0 radical (unpaired) electrons. The SMILES string of the molecule is Cc1cc(Cl)ccc1C(=O)Nc1cc(C(F)(F)F)ccc1Br. The Morgan fingerprint density at radius 2 is 1.86 bits per heavy atom. The normalized spacial score (nSPS) is 11.4. The minimum absolute atomic E-state index is 0.0502. The quantitative estimate of drug-likeness (QED) is 0.700. The van der Waals surface area contributed by atoms with Gasteiger partial charge in [-0.2, -0.15) is 13.2 Å². The number of anilines is 1. The smallest absolute Gasteiger partial charge is 0.321 e. The van der Waals surface area contributed by atoms with Crippen molar-refractivity contribution in [2.75, 3.05) is 5.32 Å². The molecule has 0 aliphatic carbocycles. The van der Waals surface area contributed by atoms with E-state index in [-0.39, 0.29) is 5.69 Å². The van der Waals surface area contributed by atoms with Crippen LogP contribution >= 0.6 is 27.5 Å². The first-order chi connectivity index (χ1) is 10.2. The van der Waals surface area contributed by atoms with Crippen LogP contribution in [-0.4, -0.2) is 5.91 Å². The summed E-state index contributed by atoms with van der Waals surface area (Å²) in [7, 11) is 0. The number of benzene rings is 2. The van der Waals surface area contributed by atoms with Gasteiger partial charge in [0.2, 0.25) is 0 Å². The topological polar surface area (TPSA) is 29.1 Å². The largest absolute Gasteiger partial charge is 0.416 e. The maximum absolute atomic E-state index is 12.7. The molecular formula is C15H10BrClF3NO. The minimum atomic E-state index is -4.48. The Kier molecular flexibility index (Phi) is 4.82. The summed E-state index contributed by atoms with van der Waals surface area (Å²) >= 11 is 8.94. The second-order valence-corrected chi connectivity index (χ2v) is 5.90. The lowest BCUT2D eigenvalue weighted by molar-refractivity contribution is -0.137. The Labute approximate surface area is 138 Å². The van der Waals surface area contributed by atoms with Crippen LogP contribution in [-0.2, 0) is 6.18 Å². The van der Waals surface area contributed by atoms with Crippen LogP contribution in [0.2, 0.25) is 5.02 Å². The lowest BCUT2D eigenvalue weighted by Crippen LogP contribution is -2.15. The second kappa shape index (κ2) is 6.30. The molecule has 2 nitrogen and oxygen atoms in total. The van der Waals surface area contributed by atoms with Crippen molar-refractivity contribution >= 4 is 39.1 Å². The van der Waals surface area contributed by atoms with Crippen molar-refractivity contribution in [3.63, 3.8) is 0 Å². The third kappa shape index (κ3) is 3.81. The lowest BCUT2D eigenvalue weighted by atomic mass is 10.1. The summed E-state index contributed by atoms with van der Waals surface area (Å²) in [5.41, 5.74) is 0.190. The summed E-state index contributed by atoms with van der Waals surface area (Å²) in [6.45, 7) is 1.70. The zero-order chi connectivity index (χ0) is 16.5. The number of carbonyl (C=O) groups is 1. The number of hydrogen-bond acceptors (Lipinski definition) is 1. The number of hydrogen-bond donors (Lipinski definition) is 1. The first kappa shape index (κ1) is 16.8. The van der Waals surface area contributed by atoms with Gasteiger partial charge < -0.3 is 5.32 Å². The fourth-order valence-corrected chi connectivity index (χ4v) is 2.44. The number of aryl methyl sites for hydroxylation is 1. The van der Waals surface area contributed by atoms with Crippen LogP contribution in [0.15, 0.2) is 40.9 Å². The van der Waals surface area contributed by atoms with Gasteiger partial charge in [-0.25, -0.2) is 0 Å². The fourth-order valence-electron chi connectivity index (χ4n) is 1.87. The number of nitrogens with one attached hydrogen (secondary N) is 1. The average molecular weight is 393 g/mol. The van der Waals surface area contributed by atoms with Gasteiger partial charge in [-0.1, -0.05) is 11.6 Å². The van der Waals surface area contributed by atoms with Crippen molar-refractivity contribution in [2.24, 2.45) is 0 Å². The van der Waals surface area contributed by atoms with Crippen LogP contribution in [0.3, 0.4) is 0 Å². The third-order valence-electron chi connectivity index (χ3n) is 2.97. The van der Waals surface area contributed by atoms with Crippen LogP contribution in [0.4, 0.5) is 18.9 Å². The molecule has 0 spiro atoms. The number of carbonyl (C=O) groups excluding carboxylic acids is 1. The first-order valence-corrected chi connectivity index (χ1v) is 7.30. The Morgan fingerprint density at radius 3 is 2.45 bits per heavy atom. The summed E-state index contributed by atoms with van der Waals surface area (Å²) in [4.78, 5) is 12.2. The van der Waals surface area contributed by atoms with E-state index in [0.29, 0.717) is 20.6 Å². The van der Waals surface area contributed by atoms with Crippen molar-refractivity contribution in [1.29, 1.82) is 0 Å². The highest BCUT2D eigenvalue weighted by Gasteiger charge is 2.31. The van der Waals surface area contributed by atoms with Gasteiger partial charge in [0.15, 0.2) is 0 Å². The second-order valence-electron chi connectivity index (χ2n) is 4.61. The van der Waals surface area contributed by atoms with E-state index >= 15 is 0 Å². The Morgan fingerprint density at radius 1 is 1.18 bits per heavy atom. The molecule has 0 bridgehead atoms. The Hall–Kier alpha value is -1.53. The van der Waals surface area contributed by atoms with Crippen molar-refractivity contribution in [1.82, 2.24) is 0 Å². The van der Waals surface area contributed by atoms with Crippen LogP contribution in [0.5, 0.6) is 0 Å². The number of alkyl halides is 3. The number of rotatable bonds is 2. The molecule has 1 amide bonds. The van der Waals surface area contributed by atoms with Crippen molar-refractivity contribution < 1.29 is 18.0 Å². The maximum atomic E-state index is 12.7. The molecule has 2 aromatic carbocycles. The predicted octanol–water partition coefficient (Wildman–Crippen LogP) is 5.68. The summed E-state index contributed by atoms with van der Waals surface area (Å²) in [6.07, 6.45) is -4.48. The Balaban J connectivity index is 2.32. The average Bonchev–Trinajstić information content (AvgIpc) is 2.39. The third-order valence-corrected chi connectivity index (χ3v) is 3.90. The van der Waals surface area contributed by atoms with Crippen molar-refractivity contribution in [3.8, 4) is 0 Å². The zero-order valence-electron chi connectivity index (χ0n) is 11.3. The summed E-state index contributed by atoms with van der Waals surface area (Å²) in [5.74, 6) is -0.505. The summed E-state index contributed by atoms with van der Waals surface area (Å²) in [5, 5.41) is 2.95. The predicted molar refractivity (Wildman–Crippen MR) is 83.3 cm³/mol. The van der Waals surface area contributed by atoms with E-state index < -0.39 is 17.6 Å². The van der Waals surface area contributed by atoms with Gasteiger partial charge in [0.05, 0.1) is 11.3 Å². The van der Waals surface area contributed by atoms with Gasteiger partial charge >= 0.3 is 6.18 Å². The molecule has 0 saturated carbocycles. The molecule has 0 saturated heterocycles. The molecule has 2 rings (SSSR count). The number of halogens is 5. The summed E-state index contributed by atoms with van der Waals surface area (Å²) in [6, 6.07) is 7.74. The molecule has 0 fully saturated rings. The van der Waals surface area contributed by atoms with Gasteiger partial charge in [0.1, 0.15) is 0 Å². The van der Waals surface area contributed by atoms with Gasteiger partial charge in [0, 0.05) is 15.1 Å². The molecule has 0 aromatic heterocycles. The molecule has 0 atom stereocenters. The molecule has 0 aliphatic rings. The van der Waals surface area contributed by atoms with E-state index in [2.05, 4.69) is 21.2 Å². The van der Waals surface area contributed by atoms with Gasteiger partial charge in [-0.15, -0.1) is 0 Å². The van der Waals surface area contributed by atoms with Crippen LogP contribution in [0.25, 0.3) is 0 Å². The van der Waals surface area contributed by atoms with E-state index in [9.17, 15) is 18.0 Å². The van der Waals surface area contributed by atoms with E-state index in [0.717, 1.165) is 12.1 Å². The fraction of sp³-hybridized carbons (Fsp3) is 0.133. The number of amides is 1. The van der Waals surface area contributed by atoms with Gasteiger partial charge in [-0.05, 0) is 64.8 Å². The molecule has 0 aliphatic heterocycles. The van der Waals surface area contributed by atoms with E-state index in [1.165, 1.54) is 12.1 Å². The van der Waals surface area contributed by atoms with Crippen LogP contribution in [0, 0.1) is 6.92 Å². The zero-order valence-corrected chi connectivity index (χ0v) is 13.6. The van der Waals surface area contributed by atoms with Crippen molar-refractivity contribution in [2.45, 2.75) is 13.1 Å². The van der Waals surface area contributed by atoms with Gasteiger partial charge in [-0.3, -0.25) is 4.79 Å². The van der Waals surface area contributed by atoms with E-state index in [1.807, 2.05) is 0 Å². The van der Waals surface area contributed by atoms with Gasteiger partial charge in [0.25, 0.3) is 5.91 Å². The highest BCUT2D eigenvalue weighted by Crippen LogP contribution is 2.34. The highest BCUT2D eigenvalue weighted by molar-refractivity contribution is 9.10. The summed E-state index contributed by atoms with van der Waals surface area (Å²) < 4.78 is 38.5. The molecule has 7 heteroatoms. The molecule has 0 unspecified atom stereocenters. The molecular weight excluding hydrogens is 383 g/mol. The van der Waals surface area contributed by atoms with Crippen LogP contribution < -0.4 is 5.32 Å². The molecule has 116 valence electrons. The Bertz CT molecular complexity index is 731. The molecule has 0 heterocycles. The first-order valence-electron chi connectivity index (χ1n) is 6.13. The molecule has 1 N–H and O–H groups in total. The van der Waals surface area contributed by atoms with E-state index in [1.54, 1.807) is 19.1 Å². The highest BCUT2D eigenvalue weighted by atomic mass is 79.9. The molecule has 2 aromatic rings. The van der Waals surface area contributed by atoms with Crippen molar-refractivity contribution in [3.05, 3.63) is 62.6 Å². The standard InChI is InChI=1S/C15H10BrClF3NO/c1-8-6-10(17)3-4-11(8)14(22)21-13-7-9(15(18,19)20)2-5-12(13)16/h2-7H,1H3,(H,21,22). The maximum Gasteiger partial charge on any atom is 0.416 e. The van der Waals surface area contributed by atoms with E-state index in [4.69, 9.17) is 11.6 Å². The van der Waals surface area contributed by atoms with Crippen LogP contribution in [0.1, 0.15) is 21.5 Å².